The molecule has 0 aromatic carbocycles. The topological polar surface area (TPSA) is 17.1 Å². The SMILES string of the molecule is [Ag].[Bi].[O]=[Sn]. The molecule has 0 aromatic heterocycles. The van der Waals surface area contributed by atoms with E-state index in [0.717, 1.165) is 0 Å². The van der Waals surface area contributed by atoms with Gasteiger partial charge in [0.25, 0.3) is 0 Å². The second-order valence-electron chi connectivity index (χ2n) is 0. The van der Waals surface area contributed by atoms with E-state index >= 15 is 0 Å². The van der Waals surface area contributed by atoms with Crippen LogP contribution in [-0.2, 0) is 25.5 Å². The van der Waals surface area contributed by atoms with Crippen LogP contribution >= 0.6 is 0 Å². The molecule has 0 saturated carbocycles. The van der Waals surface area contributed by atoms with Gasteiger partial charge in [-0.15, -0.1) is 0 Å². The fraction of sp³-hybridized carbons (Fsp3) is 0. The van der Waals surface area contributed by atoms with Crippen molar-refractivity contribution < 1.29 is 25.5 Å². The van der Waals surface area contributed by atoms with Crippen molar-refractivity contribution in [2.75, 3.05) is 0 Å². The third-order valence-corrected chi connectivity index (χ3v) is 0. The molecule has 0 unspecified atom stereocenters. The summed E-state index contributed by atoms with van der Waals surface area (Å²) in [5.74, 6) is 0. The Labute approximate surface area is 73.0 Å². The van der Waals surface area contributed by atoms with Crippen molar-refractivity contribution in [3.8, 4) is 0 Å². The quantitative estimate of drug-likeness (QED) is 0.437. The van der Waals surface area contributed by atoms with E-state index in [2.05, 4.69) is 0 Å². The first-order chi connectivity index (χ1) is 1.00. The van der Waals surface area contributed by atoms with E-state index in [1.165, 1.54) is 0 Å². The van der Waals surface area contributed by atoms with Gasteiger partial charge in [-0.25, -0.2) is 0 Å². The van der Waals surface area contributed by atoms with Crippen LogP contribution < -0.4 is 0 Å². The van der Waals surface area contributed by atoms with Crippen LogP contribution in [-0.4, -0.2) is 48.7 Å². The summed E-state index contributed by atoms with van der Waals surface area (Å²) in [6.07, 6.45) is 0. The van der Waals surface area contributed by atoms with E-state index in [1.807, 2.05) is 0 Å². The molecule has 0 saturated heterocycles. The first-order valence-electron chi connectivity index (χ1n) is 0.204. The Hall–Kier alpha value is 2.22. The van der Waals surface area contributed by atoms with Crippen LogP contribution in [0.2, 0.25) is 0 Å². The van der Waals surface area contributed by atoms with Gasteiger partial charge in [-0.05, 0) is 0 Å². The predicted octanol–water partition coefficient (Wildman–Crippen LogP) is -0.883. The Bertz CT molecular complexity index is 8.00. The summed E-state index contributed by atoms with van der Waals surface area (Å²) in [5.41, 5.74) is 0. The van der Waals surface area contributed by atoms with Gasteiger partial charge in [0.05, 0.1) is 0 Å². The number of hydrogen-bond acceptors (Lipinski definition) is 1. The second-order valence-corrected chi connectivity index (χ2v) is 0. The molecule has 0 fully saturated rings. The zero-order valence-electron chi connectivity index (χ0n) is 1.66. The monoisotopic (exact) mass is 452 g/mol. The van der Waals surface area contributed by atoms with Gasteiger partial charge in [-0.2, -0.15) is 0 Å². The molecule has 0 aromatic rings. The van der Waals surface area contributed by atoms with Crippen LogP contribution in [0, 0.1) is 0 Å². The maximum atomic E-state index is 8.34. The van der Waals surface area contributed by atoms with E-state index in [1.54, 1.807) is 0 Å². The minimum absolute atomic E-state index is 0. The van der Waals surface area contributed by atoms with Crippen molar-refractivity contribution in [1.29, 1.82) is 0 Å². The normalized spacial score (nSPS) is 1.00. The van der Waals surface area contributed by atoms with E-state index in [4.69, 9.17) is 3.08 Å². The molecular weight excluding hydrogens is 452 g/mol. The van der Waals surface area contributed by atoms with Crippen molar-refractivity contribution in [2.24, 2.45) is 0 Å². The zero-order chi connectivity index (χ0) is 2.00. The zero-order valence-corrected chi connectivity index (χ0v) is 9.47. The van der Waals surface area contributed by atoms with Gasteiger partial charge in [0.2, 0.25) is 0 Å². The molecule has 0 aliphatic heterocycles. The van der Waals surface area contributed by atoms with Crippen LogP contribution in [0.1, 0.15) is 0 Å². The third kappa shape index (κ3) is 8.88. The second kappa shape index (κ2) is 18.9. The molecule has 0 bridgehead atoms. The van der Waals surface area contributed by atoms with E-state index < -0.39 is 0 Å². The molecule has 0 aliphatic rings. The van der Waals surface area contributed by atoms with Crippen LogP contribution in [0.4, 0.5) is 0 Å². The summed E-state index contributed by atoms with van der Waals surface area (Å²) in [5, 5.41) is 0. The van der Waals surface area contributed by atoms with Crippen LogP contribution in [0.25, 0.3) is 0 Å². The van der Waals surface area contributed by atoms with E-state index in [-0.39, 0.29) is 48.6 Å². The first-order valence-corrected chi connectivity index (χ1v) is 1.37. The summed E-state index contributed by atoms with van der Waals surface area (Å²) >= 11 is 0.300. The molecule has 0 spiro atoms. The fourth-order valence-corrected chi connectivity index (χ4v) is 0. The predicted molar refractivity (Wildman–Crippen MR) is 12.2 cm³/mol. The van der Waals surface area contributed by atoms with Crippen molar-refractivity contribution >= 4 is 48.7 Å². The Morgan fingerprint density at radius 2 is 1.25 bits per heavy atom. The third-order valence-electron chi connectivity index (χ3n) is 0. The van der Waals surface area contributed by atoms with Crippen molar-refractivity contribution in [2.45, 2.75) is 0 Å². The van der Waals surface area contributed by atoms with Gasteiger partial charge in [0, 0.05) is 48.6 Å². The summed E-state index contributed by atoms with van der Waals surface area (Å²) in [7, 11) is 0. The molecule has 4 heteroatoms. The Morgan fingerprint density at radius 3 is 1.25 bits per heavy atom. The molecular formula is AgBiOSn. The molecule has 0 amide bonds. The van der Waals surface area contributed by atoms with Gasteiger partial charge in [0.1, 0.15) is 0 Å². The van der Waals surface area contributed by atoms with Crippen molar-refractivity contribution in [3.05, 3.63) is 0 Å². The van der Waals surface area contributed by atoms with Crippen LogP contribution in [0.5, 0.6) is 0 Å². The van der Waals surface area contributed by atoms with Crippen LogP contribution in [0.15, 0.2) is 0 Å². The summed E-state index contributed by atoms with van der Waals surface area (Å²) in [6, 6.07) is 0. The molecule has 0 aliphatic carbocycles. The number of rotatable bonds is 0. The van der Waals surface area contributed by atoms with Gasteiger partial charge >= 0.3 is 25.6 Å². The van der Waals surface area contributed by atoms with Crippen LogP contribution in [0.3, 0.4) is 0 Å². The molecule has 0 heterocycles. The molecule has 4 heavy (non-hydrogen) atoms. The summed E-state index contributed by atoms with van der Waals surface area (Å²) in [4.78, 5) is 0. The molecule has 26 valence electrons. The molecule has 6 radical (unpaired) electrons. The number of hydrogen-bond donors (Lipinski definition) is 0. The van der Waals surface area contributed by atoms with Gasteiger partial charge in [-0.1, -0.05) is 0 Å². The van der Waals surface area contributed by atoms with Crippen molar-refractivity contribution in [1.82, 2.24) is 0 Å². The molecule has 0 atom stereocenters. The van der Waals surface area contributed by atoms with Gasteiger partial charge in [0.15, 0.2) is 0 Å². The Kier molecular flexibility index (Phi) is 77.0. The Balaban J connectivity index is -0.00000000500. The Morgan fingerprint density at radius 1 is 1.25 bits per heavy atom. The average molecular weight is 452 g/mol. The molecule has 0 N–H and O–H groups in total. The van der Waals surface area contributed by atoms with E-state index in [0.29, 0.717) is 22.5 Å². The maximum absolute atomic E-state index is 8.34. The fourth-order valence-electron chi connectivity index (χ4n) is 0. The van der Waals surface area contributed by atoms with E-state index in [9.17, 15) is 0 Å². The summed E-state index contributed by atoms with van der Waals surface area (Å²) < 4.78 is 8.34. The standard InChI is InChI=1S/Ag.Bi.O.Sn. The molecule has 0 rings (SSSR count). The molecule has 1 nitrogen and oxygen atoms in total. The average Bonchev–Trinajstić information content (AvgIpc) is 1.00. The van der Waals surface area contributed by atoms with Gasteiger partial charge in [-0.3, -0.25) is 0 Å². The van der Waals surface area contributed by atoms with Crippen molar-refractivity contribution in [3.63, 3.8) is 0 Å². The van der Waals surface area contributed by atoms with Gasteiger partial charge < -0.3 is 0 Å². The minimum atomic E-state index is 0. The summed E-state index contributed by atoms with van der Waals surface area (Å²) in [6.45, 7) is 0. The first kappa shape index (κ1) is 16.3.